The largest absolute Gasteiger partial charge is 0.480 e. The Morgan fingerprint density at radius 1 is 1.02 bits per heavy atom. The molecule has 5 aromatic rings. The number of carbonyl (C=O) groups is 2. The van der Waals surface area contributed by atoms with Gasteiger partial charge in [-0.25, -0.2) is 14.8 Å². The highest BCUT2D eigenvalue weighted by Crippen LogP contribution is 2.39. The van der Waals surface area contributed by atoms with Crippen LogP contribution in [0.4, 0.5) is 24.7 Å². The number of hydrogen-bond acceptors (Lipinski definition) is 6. The summed E-state index contributed by atoms with van der Waals surface area (Å²) in [6, 6.07) is 17.9. The SMILES string of the molecule is Cc1nc(N2C[C@@H](CC(=O)Nc3ccc(-c4ccccc4C(F)(F)F)cc3)C[C@H]2C(=O)O)c2oc3ccccc3c2n1. The number of nitrogens with one attached hydrogen (secondary N) is 1. The number of hydrogen-bond donors (Lipinski definition) is 2. The number of furan rings is 1. The first-order valence-corrected chi connectivity index (χ1v) is 13.3. The Bertz CT molecular complexity index is 1820. The van der Waals surface area contributed by atoms with Gasteiger partial charge < -0.3 is 19.7 Å². The number of aromatic nitrogens is 2. The second kappa shape index (κ2) is 10.5. The van der Waals surface area contributed by atoms with Crippen molar-refractivity contribution in [3.05, 3.63) is 84.2 Å². The van der Waals surface area contributed by atoms with Gasteiger partial charge >= 0.3 is 12.1 Å². The van der Waals surface area contributed by atoms with Crippen LogP contribution < -0.4 is 10.2 Å². The predicted molar refractivity (Wildman–Crippen MR) is 151 cm³/mol. The van der Waals surface area contributed by atoms with Crippen molar-refractivity contribution in [1.29, 1.82) is 0 Å². The predicted octanol–water partition coefficient (Wildman–Crippen LogP) is 6.68. The number of aryl methyl sites for hydroxylation is 1. The zero-order valence-electron chi connectivity index (χ0n) is 22.4. The van der Waals surface area contributed by atoms with Gasteiger partial charge in [0.15, 0.2) is 11.4 Å². The molecule has 42 heavy (non-hydrogen) atoms. The summed E-state index contributed by atoms with van der Waals surface area (Å²) in [6.45, 7) is 1.99. The van der Waals surface area contributed by atoms with Crippen molar-refractivity contribution >= 4 is 45.5 Å². The molecule has 0 bridgehead atoms. The molecular formula is C31H25F3N4O4. The summed E-state index contributed by atoms with van der Waals surface area (Å²) in [4.78, 5) is 35.9. The lowest BCUT2D eigenvalue weighted by atomic mass is 9.99. The van der Waals surface area contributed by atoms with Gasteiger partial charge in [0, 0.05) is 24.0 Å². The van der Waals surface area contributed by atoms with Crippen LogP contribution in [0.3, 0.4) is 0 Å². The molecular weight excluding hydrogens is 549 g/mol. The van der Waals surface area contributed by atoms with Gasteiger partial charge in [-0.1, -0.05) is 42.5 Å². The van der Waals surface area contributed by atoms with Crippen molar-refractivity contribution in [3.8, 4) is 11.1 Å². The van der Waals surface area contributed by atoms with Gasteiger partial charge in [-0.15, -0.1) is 0 Å². The number of aliphatic carboxylic acids is 1. The van der Waals surface area contributed by atoms with Gasteiger partial charge in [-0.3, -0.25) is 4.79 Å². The molecule has 214 valence electrons. The number of alkyl halides is 3. The first kappa shape index (κ1) is 27.3. The Morgan fingerprint density at radius 2 is 1.74 bits per heavy atom. The minimum Gasteiger partial charge on any atom is -0.480 e. The lowest BCUT2D eigenvalue weighted by Gasteiger charge is -2.22. The molecule has 3 aromatic carbocycles. The first-order chi connectivity index (χ1) is 20.1. The standard InChI is InChI=1S/C31H25F3N4O4/c1-17-35-27-22-7-3-5-9-25(22)42-28(27)29(36-17)38-16-18(14-24(38)30(40)41)15-26(39)37-20-12-10-19(11-13-20)21-6-2-4-8-23(21)31(32,33)34/h2-13,18,24H,14-16H2,1H3,(H,37,39)(H,40,41)/t18-,24+/m1/s1. The minimum absolute atomic E-state index is 0.0479. The Kier molecular flexibility index (Phi) is 6.80. The number of carboxylic acid groups (broad SMARTS) is 1. The zero-order valence-corrected chi connectivity index (χ0v) is 22.4. The number of carbonyl (C=O) groups excluding carboxylic acids is 1. The van der Waals surface area contributed by atoms with E-state index in [4.69, 9.17) is 4.42 Å². The average molecular weight is 575 g/mol. The van der Waals surface area contributed by atoms with E-state index in [-0.39, 0.29) is 36.8 Å². The van der Waals surface area contributed by atoms with E-state index in [1.807, 2.05) is 24.3 Å². The molecule has 3 heterocycles. The molecule has 1 fully saturated rings. The van der Waals surface area contributed by atoms with Crippen LogP contribution in [0.5, 0.6) is 0 Å². The molecule has 1 aliphatic rings. The number of anilines is 2. The zero-order chi connectivity index (χ0) is 29.6. The number of fused-ring (bicyclic) bond motifs is 3. The summed E-state index contributed by atoms with van der Waals surface area (Å²) in [5.41, 5.74) is 1.71. The number of para-hydroxylation sites is 1. The van der Waals surface area contributed by atoms with Crippen LogP contribution in [-0.2, 0) is 15.8 Å². The quantitative estimate of drug-likeness (QED) is 0.233. The van der Waals surface area contributed by atoms with E-state index in [1.54, 1.807) is 24.0 Å². The van der Waals surface area contributed by atoms with E-state index >= 15 is 0 Å². The fourth-order valence-corrected chi connectivity index (χ4v) is 5.61. The maximum Gasteiger partial charge on any atom is 0.417 e. The number of rotatable bonds is 6. The fraction of sp³-hybridized carbons (Fsp3) is 0.226. The molecule has 2 N–H and O–H groups in total. The topological polar surface area (TPSA) is 109 Å². The van der Waals surface area contributed by atoms with Crippen molar-refractivity contribution in [2.45, 2.75) is 32.0 Å². The Morgan fingerprint density at radius 3 is 2.48 bits per heavy atom. The fourth-order valence-electron chi connectivity index (χ4n) is 5.61. The first-order valence-electron chi connectivity index (χ1n) is 13.3. The van der Waals surface area contributed by atoms with Gasteiger partial charge in [0.1, 0.15) is 23.0 Å². The summed E-state index contributed by atoms with van der Waals surface area (Å²) in [5, 5.41) is 13.6. The van der Waals surface area contributed by atoms with Crippen LogP contribution in [-0.4, -0.2) is 39.5 Å². The smallest absolute Gasteiger partial charge is 0.417 e. The minimum atomic E-state index is -4.49. The second-order valence-electron chi connectivity index (χ2n) is 10.4. The van der Waals surface area contributed by atoms with Gasteiger partial charge in [0.2, 0.25) is 5.91 Å². The molecule has 0 unspecified atom stereocenters. The number of nitrogens with zero attached hydrogens (tertiary/aromatic N) is 3. The van der Waals surface area contributed by atoms with Crippen molar-refractivity contribution < 1.29 is 32.3 Å². The van der Waals surface area contributed by atoms with Crippen LogP contribution in [0.15, 0.2) is 77.2 Å². The highest BCUT2D eigenvalue weighted by molar-refractivity contribution is 6.06. The summed E-state index contributed by atoms with van der Waals surface area (Å²) < 4.78 is 46.3. The lowest BCUT2D eigenvalue weighted by Crippen LogP contribution is -2.36. The third-order valence-electron chi connectivity index (χ3n) is 7.44. The van der Waals surface area contributed by atoms with Crippen LogP contribution >= 0.6 is 0 Å². The molecule has 1 saturated heterocycles. The number of amides is 1. The monoisotopic (exact) mass is 574 g/mol. The van der Waals surface area contributed by atoms with Crippen LogP contribution in [0, 0.1) is 12.8 Å². The van der Waals surface area contributed by atoms with E-state index in [9.17, 15) is 27.9 Å². The highest BCUT2D eigenvalue weighted by Gasteiger charge is 2.40. The Balaban J connectivity index is 1.19. The molecule has 8 nitrogen and oxygen atoms in total. The third-order valence-corrected chi connectivity index (χ3v) is 7.44. The average Bonchev–Trinajstić information content (AvgIpc) is 3.54. The number of halogens is 3. The van der Waals surface area contributed by atoms with E-state index < -0.39 is 23.8 Å². The molecule has 0 spiro atoms. The molecule has 0 aliphatic carbocycles. The van der Waals surface area contributed by atoms with E-state index in [1.165, 1.54) is 30.3 Å². The second-order valence-corrected chi connectivity index (χ2v) is 10.4. The van der Waals surface area contributed by atoms with Crippen molar-refractivity contribution in [2.24, 2.45) is 5.92 Å². The molecule has 0 saturated carbocycles. The Labute approximate surface area is 237 Å². The van der Waals surface area contributed by atoms with Crippen molar-refractivity contribution in [2.75, 3.05) is 16.8 Å². The summed E-state index contributed by atoms with van der Waals surface area (Å²) in [5.74, 6) is -0.816. The molecule has 0 radical (unpaired) electrons. The van der Waals surface area contributed by atoms with Gasteiger partial charge in [-0.2, -0.15) is 13.2 Å². The molecule has 2 aromatic heterocycles. The summed E-state index contributed by atoms with van der Waals surface area (Å²) in [6.07, 6.45) is -4.22. The summed E-state index contributed by atoms with van der Waals surface area (Å²) >= 11 is 0. The maximum absolute atomic E-state index is 13.4. The maximum atomic E-state index is 13.4. The molecule has 11 heteroatoms. The molecule has 1 aliphatic heterocycles. The van der Waals surface area contributed by atoms with Crippen LogP contribution in [0.2, 0.25) is 0 Å². The lowest BCUT2D eigenvalue weighted by molar-refractivity contribution is -0.138. The van der Waals surface area contributed by atoms with Crippen molar-refractivity contribution in [3.63, 3.8) is 0 Å². The van der Waals surface area contributed by atoms with E-state index in [0.29, 0.717) is 39.6 Å². The van der Waals surface area contributed by atoms with E-state index in [2.05, 4.69) is 15.3 Å². The number of carboxylic acids is 1. The van der Waals surface area contributed by atoms with Crippen molar-refractivity contribution in [1.82, 2.24) is 9.97 Å². The van der Waals surface area contributed by atoms with Crippen LogP contribution in [0.25, 0.3) is 33.2 Å². The highest BCUT2D eigenvalue weighted by atomic mass is 19.4. The normalized spacial score (nSPS) is 17.2. The third kappa shape index (κ3) is 5.13. The van der Waals surface area contributed by atoms with Gasteiger partial charge in [0.05, 0.1) is 5.56 Å². The van der Waals surface area contributed by atoms with Gasteiger partial charge in [0.25, 0.3) is 0 Å². The van der Waals surface area contributed by atoms with Crippen LogP contribution in [0.1, 0.15) is 24.2 Å². The number of benzene rings is 3. The summed E-state index contributed by atoms with van der Waals surface area (Å²) in [7, 11) is 0. The Hall–Kier alpha value is -4.93. The van der Waals surface area contributed by atoms with Gasteiger partial charge in [-0.05, 0) is 60.7 Å². The van der Waals surface area contributed by atoms with E-state index in [0.717, 1.165) is 11.5 Å². The molecule has 6 rings (SSSR count). The molecule has 2 atom stereocenters. The molecule has 1 amide bonds.